The molecule has 0 radical (unpaired) electrons. The standard InChI is InChI=1S/C51H52N2O10P2/c54-49(52-46(43-27-15-5-16-28-43)44-29-17-6-18-30-44)47-48(63-47)50(55)62-45-31-33-53(34-32-45)51(64(56,58-35-39-19-7-1-8-20-39)59-36-40-21-9-2-10-22-40)65(57,60-37-41-23-11-3-12-24-41)61-38-42-25-13-4-14-26-42/h1-30,45-48,51H,31-38H2,(H,52,54)/t47-,48-/m0/s1. The van der Waals surface area contributed by atoms with E-state index in [-0.39, 0.29) is 52.4 Å². The van der Waals surface area contributed by atoms with Gasteiger partial charge in [0.05, 0.1) is 32.5 Å². The third-order valence-electron chi connectivity index (χ3n) is 11.2. The number of benzene rings is 6. The maximum atomic E-state index is 15.8. The van der Waals surface area contributed by atoms with Crippen LogP contribution < -0.4 is 5.32 Å². The summed E-state index contributed by atoms with van der Waals surface area (Å²) in [6, 6.07) is 55.7. The first-order valence-corrected chi connectivity index (χ1v) is 24.9. The van der Waals surface area contributed by atoms with Gasteiger partial charge in [-0.3, -0.25) is 18.8 Å². The third-order valence-corrected chi connectivity index (χ3v) is 16.6. The molecule has 1 amide bonds. The lowest BCUT2D eigenvalue weighted by Crippen LogP contribution is -2.45. The van der Waals surface area contributed by atoms with Crippen molar-refractivity contribution in [1.29, 1.82) is 0 Å². The number of epoxide rings is 1. The molecule has 65 heavy (non-hydrogen) atoms. The number of amides is 1. The largest absolute Gasteiger partial charge is 0.460 e. The molecule has 0 spiro atoms. The summed E-state index contributed by atoms with van der Waals surface area (Å²) in [5.41, 5.74) is 3.18. The number of likely N-dealkylation sites (tertiary alicyclic amines) is 1. The number of carbonyl (C=O) groups excluding carboxylic acids is 2. The lowest BCUT2D eigenvalue weighted by atomic mass is 9.98. The van der Waals surface area contributed by atoms with Crippen LogP contribution in [0.4, 0.5) is 0 Å². The smallest absolute Gasteiger partial charge is 0.360 e. The quantitative estimate of drug-likeness (QED) is 0.0419. The summed E-state index contributed by atoms with van der Waals surface area (Å²) in [6.45, 7) is -0.112. The van der Waals surface area contributed by atoms with E-state index in [1.165, 1.54) is 0 Å². The Labute approximate surface area is 379 Å². The lowest BCUT2D eigenvalue weighted by Gasteiger charge is -2.41. The maximum Gasteiger partial charge on any atom is 0.360 e. The van der Waals surface area contributed by atoms with Crippen LogP contribution in [0.15, 0.2) is 182 Å². The Hall–Kier alpha value is -5.52. The van der Waals surface area contributed by atoms with E-state index in [0.29, 0.717) is 0 Å². The van der Waals surface area contributed by atoms with Crippen molar-refractivity contribution < 1.29 is 46.3 Å². The molecule has 0 aromatic heterocycles. The molecule has 2 aliphatic rings. The van der Waals surface area contributed by atoms with Gasteiger partial charge in [0, 0.05) is 13.1 Å². The summed E-state index contributed by atoms with van der Waals surface area (Å²) in [5.74, 6) is -1.08. The number of nitrogens with one attached hydrogen (secondary N) is 1. The van der Waals surface area contributed by atoms with Crippen LogP contribution in [0.2, 0.25) is 0 Å². The number of carbonyl (C=O) groups is 2. The molecule has 0 unspecified atom stereocenters. The van der Waals surface area contributed by atoms with E-state index in [1.54, 1.807) is 4.90 Å². The molecule has 14 heteroatoms. The minimum atomic E-state index is -4.48. The van der Waals surface area contributed by atoms with Crippen LogP contribution >= 0.6 is 15.2 Å². The van der Waals surface area contributed by atoms with Gasteiger partial charge in [-0.15, -0.1) is 0 Å². The van der Waals surface area contributed by atoms with Crippen molar-refractivity contribution in [3.63, 3.8) is 0 Å². The highest BCUT2D eigenvalue weighted by Crippen LogP contribution is 2.72. The average Bonchev–Trinajstić information content (AvgIpc) is 4.18. The highest BCUT2D eigenvalue weighted by atomic mass is 31.2. The zero-order valence-electron chi connectivity index (χ0n) is 35.8. The summed E-state index contributed by atoms with van der Waals surface area (Å²) in [5, 5.41) is 3.05. The Morgan fingerprint density at radius 1 is 0.523 bits per heavy atom. The molecule has 2 saturated heterocycles. The van der Waals surface area contributed by atoms with Crippen molar-refractivity contribution in [3.05, 3.63) is 215 Å². The molecule has 2 atom stereocenters. The molecule has 0 saturated carbocycles. The summed E-state index contributed by atoms with van der Waals surface area (Å²) in [6.07, 6.45) is -2.12. The molecule has 336 valence electrons. The number of hydrogen-bond donors (Lipinski definition) is 1. The van der Waals surface area contributed by atoms with Crippen molar-refractivity contribution in [2.45, 2.75) is 69.1 Å². The molecular weight excluding hydrogens is 863 g/mol. The molecule has 6 aromatic carbocycles. The van der Waals surface area contributed by atoms with Gasteiger partial charge in [0.1, 0.15) is 6.10 Å². The zero-order chi connectivity index (χ0) is 44.9. The fraction of sp³-hybridized carbons (Fsp3) is 0.255. The molecule has 12 nitrogen and oxygen atoms in total. The Bertz CT molecular complexity index is 2280. The van der Waals surface area contributed by atoms with Gasteiger partial charge >= 0.3 is 21.2 Å². The van der Waals surface area contributed by atoms with Crippen molar-refractivity contribution in [1.82, 2.24) is 10.2 Å². The number of ether oxygens (including phenoxy) is 2. The summed E-state index contributed by atoms with van der Waals surface area (Å²) >= 11 is 0. The van der Waals surface area contributed by atoms with Crippen LogP contribution in [0.5, 0.6) is 0 Å². The molecule has 2 heterocycles. The second kappa shape index (κ2) is 22.1. The lowest BCUT2D eigenvalue weighted by molar-refractivity contribution is -0.153. The molecule has 8 rings (SSSR count). The van der Waals surface area contributed by atoms with Crippen molar-refractivity contribution in [2.24, 2.45) is 0 Å². The highest BCUT2D eigenvalue weighted by molar-refractivity contribution is 7.72. The second-order valence-corrected chi connectivity index (χ2v) is 20.5. The zero-order valence-corrected chi connectivity index (χ0v) is 37.6. The number of piperidine rings is 1. The maximum absolute atomic E-state index is 15.8. The van der Waals surface area contributed by atoms with Crippen LogP contribution in [-0.2, 0) is 72.7 Å². The molecular formula is C51H52N2O10P2. The van der Waals surface area contributed by atoms with E-state index in [1.807, 2.05) is 182 Å². The Balaban J connectivity index is 1.01. The summed E-state index contributed by atoms with van der Waals surface area (Å²) < 4.78 is 68.6. The monoisotopic (exact) mass is 914 g/mol. The minimum absolute atomic E-state index is 0.109. The third kappa shape index (κ3) is 12.4. The first-order valence-electron chi connectivity index (χ1n) is 21.7. The predicted octanol–water partition coefficient (Wildman–Crippen LogP) is 10.2. The van der Waals surface area contributed by atoms with E-state index in [2.05, 4.69) is 5.32 Å². The van der Waals surface area contributed by atoms with Gasteiger partial charge in [0.2, 0.25) is 5.52 Å². The summed E-state index contributed by atoms with van der Waals surface area (Å²) in [7, 11) is -8.96. The fourth-order valence-electron chi connectivity index (χ4n) is 7.69. The van der Waals surface area contributed by atoms with E-state index in [0.717, 1.165) is 33.4 Å². The van der Waals surface area contributed by atoms with Crippen molar-refractivity contribution in [2.75, 3.05) is 13.1 Å². The van der Waals surface area contributed by atoms with Gasteiger partial charge in [-0.1, -0.05) is 182 Å². The van der Waals surface area contributed by atoms with Gasteiger partial charge in [-0.25, -0.2) is 4.79 Å². The van der Waals surface area contributed by atoms with Crippen LogP contribution in [0.3, 0.4) is 0 Å². The van der Waals surface area contributed by atoms with Gasteiger partial charge in [-0.05, 0) is 46.2 Å². The van der Waals surface area contributed by atoms with Gasteiger partial charge in [0.25, 0.3) is 5.91 Å². The van der Waals surface area contributed by atoms with E-state index < -0.39 is 56.9 Å². The number of hydrogen-bond acceptors (Lipinski definition) is 11. The molecule has 0 aliphatic carbocycles. The fourth-order valence-corrected chi connectivity index (χ4v) is 13.1. The van der Waals surface area contributed by atoms with Crippen molar-refractivity contribution >= 4 is 27.1 Å². The Morgan fingerprint density at radius 3 is 1.22 bits per heavy atom. The molecule has 0 bridgehead atoms. The van der Waals surface area contributed by atoms with E-state index >= 15 is 9.13 Å². The summed E-state index contributed by atoms with van der Waals surface area (Å²) in [4.78, 5) is 28.8. The molecule has 2 fully saturated rings. The number of esters is 1. The molecule has 1 N–H and O–H groups in total. The first kappa shape index (κ1) is 46.0. The van der Waals surface area contributed by atoms with Gasteiger partial charge in [-0.2, -0.15) is 0 Å². The van der Waals surface area contributed by atoms with E-state index in [9.17, 15) is 9.59 Å². The van der Waals surface area contributed by atoms with Crippen LogP contribution in [0, 0.1) is 0 Å². The van der Waals surface area contributed by atoms with Crippen LogP contribution in [-0.4, -0.2) is 53.7 Å². The number of nitrogens with zero attached hydrogens (tertiary/aromatic N) is 1. The van der Waals surface area contributed by atoms with E-state index in [4.69, 9.17) is 27.6 Å². The Kier molecular flexibility index (Phi) is 15.7. The van der Waals surface area contributed by atoms with Gasteiger partial charge in [0.15, 0.2) is 12.2 Å². The normalized spacial score (nSPS) is 16.9. The molecule has 2 aliphatic heterocycles. The Morgan fingerprint density at radius 2 is 0.862 bits per heavy atom. The SMILES string of the molecule is O=C(NC(c1ccccc1)c1ccccc1)[C@H]1O[C@@H]1C(=O)OC1CCN(C(P(=O)(OCc2ccccc2)OCc2ccccc2)P(=O)(OCc2ccccc2)OCc2ccccc2)CC1. The van der Waals surface area contributed by atoms with Crippen LogP contribution in [0.25, 0.3) is 0 Å². The van der Waals surface area contributed by atoms with Gasteiger partial charge < -0.3 is 32.9 Å². The predicted molar refractivity (Wildman–Crippen MR) is 246 cm³/mol. The minimum Gasteiger partial charge on any atom is -0.460 e. The molecule has 6 aromatic rings. The second-order valence-electron chi connectivity index (χ2n) is 15.9. The topological polar surface area (TPSA) is 142 Å². The number of rotatable bonds is 21. The van der Waals surface area contributed by atoms with Crippen LogP contribution in [0.1, 0.15) is 52.3 Å². The highest BCUT2D eigenvalue weighted by Gasteiger charge is 2.56. The van der Waals surface area contributed by atoms with Crippen molar-refractivity contribution in [3.8, 4) is 0 Å². The average molecular weight is 915 g/mol. The first-order chi connectivity index (χ1) is 31.8.